The molecule has 38 heavy (non-hydrogen) atoms. The van der Waals surface area contributed by atoms with Gasteiger partial charge in [-0.05, 0) is 57.3 Å². The van der Waals surface area contributed by atoms with Crippen molar-refractivity contribution in [2.45, 2.75) is 84.3 Å². The zero-order chi connectivity index (χ0) is 27.6. The number of esters is 2. The molecule has 204 valence electrons. The van der Waals surface area contributed by atoms with E-state index in [0.29, 0.717) is 41.7 Å². The Hall–Kier alpha value is -3.28. The maximum Gasteiger partial charge on any atom is 0.333 e. The van der Waals surface area contributed by atoms with E-state index in [1.807, 2.05) is 26.0 Å². The third-order valence-electron chi connectivity index (χ3n) is 7.84. The van der Waals surface area contributed by atoms with Crippen LogP contribution in [0.5, 0.6) is 11.5 Å². The molecule has 5 unspecified atom stereocenters. The highest BCUT2D eigenvalue weighted by Gasteiger charge is 2.46. The molecule has 0 aliphatic heterocycles. The molecule has 0 N–H and O–H groups in total. The van der Waals surface area contributed by atoms with Crippen molar-refractivity contribution in [2.75, 3.05) is 13.2 Å². The van der Waals surface area contributed by atoms with E-state index in [4.69, 9.17) is 18.9 Å². The largest absolute Gasteiger partial charge is 0.489 e. The van der Waals surface area contributed by atoms with E-state index in [1.165, 1.54) is 11.1 Å². The summed E-state index contributed by atoms with van der Waals surface area (Å²) in [6.07, 6.45) is 2.74. The van der Waals surface area contributed by atoms with Gasteiger partial charge in [0.1, 0.15) is 36.9 Å². The van der Waals surface area contributed by atoms with Gasteiger partial charge in [-0.2, -0.15) is 0 Å². The van der Waals surface area contributed by atoms with Crippen LogP contribution in [0.3, 0.4) is 0 Å². The second kappa shape index (κ2) is 11.6. The molecule has 2 bridgehead atoms. The van der Waals surface area contributed by atoms with Crippen molar-refractivity contribution < 1.29 is 28.5 Å². The van der Waals surface area contributed by atoms with Crippen LogP contribution in [0.4, 0.5) is 0 Å². The van der Waals surface area contributed by atoms with Gasteiger partial charge < -0.3 is 18.9 Å². The fraction of sp³-hybridized carbons (Fsp3) is 0.500. The average molecular weight is 521 g/mol. The van der Waals surface area contributed by atoms with Gasteiger partial charge in [0.05, 0.1) is 0 Å². The topological polar surface area (TPSA) is 71.1 Å². The molecule has 5 atom stereocenters. The number of carbonyl (C=O) groups excluding carboxylic acids is 2. The number of ether oxygens (including phenoxy) is 4. The van der Waals surface area contributed by atoms with E-state index in [0.717, 1.165) is 35.1 Å². The van der Waals surface area contributed by atoms with Crippen molar-refractivity contribution >= 4 is 22.7 Å². The first kappa shape index (κ1) is 27.7. The Balaban J connectivity index is 1.70. The minimum absolute atomic E-state index is 0.271. The SMILES string of the molecule is C=C(C)C(=O)OC(CC)COc1c2c(c(OCC(CC)OC(=O)C(=C)C)c3ccccc13)C1CC2CC1C. The predicted molar refractivity (Wildman–Crippen MR) is 149 cm³/mol. The molecular weight excluding hydrogens is 480 g/mol. The van der Waals surface area contributed by atoms with Gasteiger partial charge in [0.15, 0.2) is 0 Å². The van der Waals surface area contributed by atoms with E-state index in [-0.39, 0.29) is 25.4 Å². The van der Waals surface area contributed by atoms with Crippen molar-refractivity contribution in [1.82, 2.24) is 0 Å². The number of carbonyl (C=O) groups is 2. The fourth-order valence-electron chi connectivity index (χ4n) is 5.71. The van der Waals surface area contributed by atoms with E-state index >= 15 is 0 Å². The summed E-state index contributed by atoms with van der Waals surface area (Å²) in [6, 6.07) is 8.13. The number of hydrogen-bond acceptors (Lipinski definition) is 6. The molecule has 2 aliphatic carbocycles. The summed E-state index contributed by atoms with van der Waals surface area (Å²) in [5.74, 6) is 2.27. The smallest absolute Gasteiger partial charge is 0.333 e. The first-order valence-corrected chi connectivity index (χ1v) is 13.7. The molecule has 1 fully saturated rings. The normalized spacial score (nSPS) is 20.9. The van der Waals surface area contributed by atoms with E-state index in [9.17, 15) is 9.59 Å². The molecular formula is C32H40O6. The summed E-state index contributed by atoms with van der Waals surface area (Å²) >= 11 is 0. The van der Waals surface area contributed by atoms with Crippen molar-refractivity contribution in [2.24, 2.45) is 5.92 Å². The Morgan fingerprint density at radius 2 is 1.32 bits per heavy atom. The van der Waals surface area contributed by atoms with Crippen LogP contribution in [0.1, 0.15) is 83.3 Å². The average Bonchev–Trinajstić information content (AvgIpc) is 3.46. The molecule has 2 aromatic carbocycles. The van der Waals surface area contributed by atoms with Crippen LogP contribution in [-0.2, 0) is 19.1 Å². The molecule has 0 radical (unpaired) electrons. The molecule has 6 heteroatoms. The summed E-state index contributed by atoms with van der Waals surface area (Å²) in [5, 5.41) is 1.96. The molecule has 4 rings (SSSR count). The molecule has 0 aromatic heterocycles. The second-order valence-corrected chi connectivity index (χ2v) is 10.8. The highest BCUT2D eigenvalue weighted by Crippen LogP contribution is 2.63. The van der Waals surface area contributed by atoms with Crippen LogP contribution in [0.25, 0.3) is 10.8 Å². The monoisotopic (exact) mass is 520 g/mol. The first-order valence-electron chi connectivity index (χ1n) is 13.7. The molecule has 1 saturated carbocycles. The van der Waals surface area contributed by atoms with Crippen molar-refractivity contribution in [3.63, 3.8) is 0 Å². The van der Waals surface area contributed by atoms with Crippen LogP contribution in [0.2, 0.25) is 0 Å². The first-order chi connectivity index (χ1) is 18.2. The minimum atomic E-state index is -0.398. The maximum absolute atomic E-state index is 12.1. The summed E-state index contributed by atoms with van der Waals surface area (Å²) in [6.45, 7) is 17.5. The summed E-state index contributed by atoms with van der Waals surface area (Å²) in [7, 11) is 0. The number of benzene rings is 2. The molecule has 0 heterocycles. The molecule has 2 aromatic rings. The van der Waals surface area contributed by atoms with Crippen molar-refractivity contribution in [3.8, 4) is 11.5 Å². The van der Waals surface area contributed by atoms with Gasteiger partial charge >= 0.3 is 11.9 Å². The van der Waals surface area contributed by atoms with E-state index in [2.05, 4.69) is 32.2 Å². The third kappa shape index (κ3) is 5.45. The van der Waals surface area contributed by atoms with Crippen molar-refractivity contribution in [1.29, 1.82) is 0 Å². The van der Waals surface area contributed by atoms with Gasteiger partial charge in [-0.1, -0.05) is 58.2 Å². The standard InChI is InChI=1S/C32H40O6/c1-8-22(37-31(33)18(3)4)16-35-29-24-12-10-11-13-25(24)30(28-26-15-21(27(28)29)14-20(26)7)36-17-23(9-2)38-32(34)19(5)6/h10-13,20-23,26H,3,5,8-9,14-17H2,1-2,4,6-7H3. The lowest BCUT2D eigenvalue weighted by molar-refractivity contribution is -0.146. The van der Waals surface area contributed by atoms with Crippen LogP contribution in [0, 0.1) is 5.92 Å². The van der Waals surface area contributed by atoms with Crippen LogP contribution in [0.15, 0.2) is 48.6 Å². The molecule has 2 aliphatic rings. The van der Waals surface area contributed by atoms with Gasteiger partial charge in [0, 0.05) is 33.0 Å². The van der Waals surface area contributed by atoms with Gasteiger partial charge in [0.2, 0.25) is 0 Å². The molecule has 0 saturated heterocycles. The third-order valence-corrected chi connectivity index (χ3v) is 7.84. The van der Waals surface area contributed by atoms with Crippen LogP contribution >= 0.6 is 0 Å². The quantitative estimate of drug-likeness (QED) is 0.222. The van der Waals surface area contributed by atoms with Crippen LogP contribution < -0.4 is 9.47 Å². The van der Waals surface area contributed by atoms with E-state index < -0.39 is 11.9 Å². The Kier molecular flexibility index (Phi) is 8.49. The van der Waals surface area contributed by atoms with Gasteiger partial charge in [0.25, 0.3) is 0 Å². The zero-order valence-electron chi connectivity index (χ0n) is 23.3. The Labute approximate surface area is 226 Å². The maximum atomic E-state index is 12.1. The molecule has 0 amide bonds. The highest BCUT2D eigenvalue weighted by molar-refractivity contribution is 5.97. The number of fused-ring (bicyclic) bond motifs is 6. The van der Waals surface area contributed by atoms with Gasteiger partial charge in [-0.15, -0.1) is 0 Å². The lowest BCUT2D eigenvalue weighted by Crippen LogP contribution is -2.26. The predicted octanol–water partition coefficient (Wildman–Crippen LogP) is 7.00. The Bertz CT molecular complexity index is 1240. The van der Waals surface area contributed by atoms with E-state index in [1.54, 1.807) is 13.8 Å². The Morgan fingerprint density at radius 1 is 0.842 bits per heavy atom. The highest BCUT2D eigenvalue weighted by atomic mass is 16.6. The Morgan fingerprint density at radius 3 is 1.76 bits per heavy atom. The number of rotatable bonds is 12. The summed E-state index contributed by atoms with van der Waals surface area (Å²) in [4.78, 5) is 24.3. The van der Waals surface area contributed by atoms with Crippen LogP contribution in [-0.4, -0.2) is 37.4 Å². The lowest BCUT2D eigenvalue weighted by atomic mass is 9.82. The molecule has 6 nitrogen and oxygen atoms in total. The molecule has 0 spiro atoms. The summed E-state index contributed by atoms with van der Waals surface area (Å²) in [5.41, 5.74) is 3.19. The van der Waals surface area contributed by atoms with Gasteiger partial charge in [-0.3, -0.25) is 0 Å². The van der Waals surface area contributed by atoms with Crippen molar-refractivity contribution in [3.05, 3.63) is 59.7 Å². The number of hydrogen-bond donors (Lipinski definition) is 0. The zero-order valence-corrected chi connectivity index (χ0v) is 23.3. The minimum Gasteiger partial charge on any atom is -0.489 e. The fourth-order valence-corrected chi connectivity index (χ4v) is 5.71. The van der Waals surface area contributed by atoms with Gasteiger partial charge in [-0.25, -0.2) is 9.59 Å². The lowest BCUT2D eigenvalue weighted by Gasteiger charge is -2.29. The summed E-state index contributed by atoms with van der Waals surface area (Å²) < 4.78 is 24.3. The second-order valence-electron chi connectivity index (χ2n) is 10.8.